The molecular formula is C22H29NO3. The summed E-state index contributed by atoms with van der Waals surface area (Å²) in [6.07, 6.45) is 1.89. The van der Waals surface area contributed by atoms with Crippen LogP contribution in [0.5, 0.6) is 11.5 Å². The first-order chi connectivity index (χ1) is 12.6. The molecule has 0 aliphatic rings. The number of benzene rings is 2. The third-order valence-electron chi connectivity index (χ3n) is 4.13. The van der Waals surface area contributed by atoms with E-state index < -0.39 is 6.10 Å². The highest BCUT2D eigenvalue weighted by Gasteiger charge is 2.17. The van der Waals surface area contributed by atoms with Gasteiger partial charge >= 0.3 is 0 Å². The second-order valence-corrected chi connectivity index (χ2v) is 6.27. The van der Waals surface area contributed by atoms with Gasteiger partial charge in [0.25, 0.3) is 5.91 Å². The minimum absolute atomic E-state index is 0.0629. The Morgan fingerprint density at radius 1 is 1.12 bits per heavy atom. The minimum atomic E-state index is -0.465. The second kappa shape index (κ2) is 10.5. The van der Waals surface area contributed by atoms with E-state index in [1.165, 1.54) is 5.56 Å². The molecule has 1 atom stereocenters. The van der Waals surface area contributed by atoms with E-state index in [1.807, 2.05) is 63.2 Å². The van der Waals surface area contributed by atoms with Crippen molar-refractivity contribution < 1.29 is 14.3 Å². The third-order valence-corrected chi connectivity index (χ3v) is 4.13. The molecule has 4 heteroatoms. The molecule has 4 nitrogen and oxygen atoms in total. The molecule has 0 saturated carbocycles. The van der Waals surface area contributed by atoms with Crippen LogP contribution in [0.15, 0.2) is 48.5 Å². The summed E-state index contributed by atoms with van der Waals surface area (Å²) in [5.74, 6) is 1.60. The Labute approximate surface area is 156 Å². The summed E-state index contributed by atoms with van der Waals surface area (Å²) in [4.78, 5) is 12.4. The molecule has 2 rings (SSSR count). The molecule has 0 unspecified atom stereocenters. The van der Waals surface area contributed by atoms with Crippen molar-refractivity contribution in [1.82, 2.24) is 5.32 Å². The fourth-order valence-corrected chi connectivity index (χ4v) is 2.79. The number of amides is 1. The Kier molecular flexibility index (Phi) is 8.00. The molecule has 0 bridgehead atoms. The van der Waals surface area contributed by atoms with Crippen LogP contribution < -0.4 is 14.8 Å². The molecular weight excluding hydrogens is 326 g/mol. The molecule has 2 aromatic rings. The highest BCUT2D eigenvalue weighted by Crippen LogP contribution is 2.19. The van der Waals surface area contributed by atoms with E-state index in [2.05, 4.69) is 11.4 Å². The van der Waals surface area contributed by atoms with E-state index in [1.54, 1.807) is 0 Å². The first-order valence-corrected chi connectivity index (χ1v) is 9.35. The predicted molar refractivity (Wildman–Crippen MR) is 105 cm³/mol. The van der Waals surface area contributed by atoms with Crippen LogP contribution in [0.2, 0.25) is 0 Å². The average Bonchev–Trinajstić information content (AvgIpc) is 2.64. The van der Waals surface area contributed by atoms with Crippen molar-refractivity contribution in [3.05, 3.63) is 59.7 Å². The number of carbonyl (C=O) groups is 1. The molecule has 0 aliphatic carbocycles. The van der Waals surface area contributed by atoms with E-state index >= 15 is 0 Å². The number of hydrogen-bond donors (Lipinski definition) is 1. The van der Waals surface area contributed by atoms with Gasteiger partial charge in [-0.2, -0.15) is 0 Å². The highest BCUT2D eigenvalue weighted by atomic mass is 16.5. The van der Waals surface area contributed by atoms with Gasteiger partial charge in [0.15, 0.2) is 6.10 Å². The maximum absolute atomic E-state index is 12.4. The van der Waals surface area contributed by atoms with Crippen LogP contribution in [0.1, 0.15) is 37.8 Å². The summed E-state index contributed by atoms with van der Waals surface area (Å²) in [6, 6.07) is 15.8. The van der Waals surface area contributed by atoms with E-state index in [4.69, 9.17) is 9.47 Å². The summed E-state index contributed by atoms with van der Waals surface area (Å²) in [5, 5.41) is 2.99. The SMILES string of the molecule is CCOc1ccccc1CCCNC(=O)[C@H](CC)Oc1cccc(C)c1. The molecule has 0 spiro atoms. The van der Waals surface area contributed by atoms with Crippen LogP contribution >= 0.6 is 0 Å². The zero-order chi connectivity index (χ0) is 18.8. The van der Waals surface area contributed by atoms with E-state index in [0.29, 0.717) is 19.6 Å². The van der Waals surface area contributed by atoms with Crippen molar-refractivity contribution >= 4 is 5.91 Å². The van der Waals surface area contributed by atoms with Gasteiger partial charge in [-0.25, -0.2) is 0 Å². The van der Waals surface area contributed by atoms with Crippen LogP contribution in [-0.4, -0.2) is 25.2 Å². The van der Waals surface area contributed by atoms with Crippen LogP contribution in [0.25, 0.3) is 0 Å². The molecule has 140 valence electrons. The maximum atomic E-state index is 12.4. The summed E-state index contributed by atoms with van der Waals surface area (Å²) in [7, 11) is 0. The lowest BCUT2D eigenvalue weighted by molar-refractivity contribution is -0.128. The standard InChI is InChI=1S/C22H29NO3/c1-4-20(26-19-13-8-10-17(3)16-19)22(24)23-15-9-12-18-11-6-7-14-21(18)25-5-2/h6-8,10-11,13-14,16,20H,4-5,9,12,15H2,1-3H3,(H,23,24)/t20-/m0/s1. The van der Waals surface area contributed by atoms with Gasteiger partial charge in [-0.15, -0.1) is 0 Å². The number of nitrogens with one attached hydrogen (secondary N) is 1. The summed E-state index contributed by atoms with van der Waals surface area (Å²) in [6.45, 7) is 7.22. The summed E-state index contributed by atoms with van der Waals surface area (Å²) >= 11 is 0. The zero-order valence-corrected chi connectivity index (χ0v) is 16.0. The van der Waals surface area contributed by atoms with Gasteiger partial charge < -0.3 is 14.8 Å². The molecule has 0 fully saturated rings. The van der Waals surface area contributed by atoms with Gasteiger partial charge in [-0.3, -0.25) is 4.79 Å². The van der Waals surface area contributed by atoms with Crippen molar-refractivity contribution in [1.29, 1.82) is 0 Å². The van der Waals surface area contributed by atoms with Crippen molar-refractivity contribution in [2.45, 2.75) is 46.1 Å². The van der Waals surface area contributed by atoms with Gasteiger partial charge in [0.1, 0.15) is 11.5 Å². The first-order valence-electron chi connectivity index (χ1n) is 9.35. The lowest BCUT2D eigenvalue weighted by atomic mass is 10.1. The summed E-state index contributed by atoms with van der Waals surface area (Å²) < 4.78 is 11.5. The zero-order valence-electron chi connectivity index (χ0n) is 16.0. The van der Waals surface area contributed by atoms with E-state index in [9.17, 15) is 4.79 Å². The molecule has 0 aliphatic heterocycles. The number of para-hydroxylation sites is 1. The Hall–Kier alpha value is -2.49. The molecule has 0 aromatic heterocycles. The second-order valence-electron chi connectivity index (χ2n) is 6.27. The Morgan fingerprint density at radius 2 is 1.92 bits per heavy atom. The van der Waals surface area contributed by atoms with Crippen molar-refractivity contribution in [2.75, 3.05) is 13.2 Å². The molecule has 0 radical (unpaired) electrons. The van der Waals surface area contributed by atoms with Crippen molar-refractivity contribution in [3.63, 3.8) is 0 Å². The van der Waals surface area contributed by atoms with Crippen LogP contribution in [0.3, 0.4) is 0 Å². The lowest BCUT2D eigenvalue weighted by Crippen LogP contribution is -2.38. The quantitative estimate of drug-likeness (QED) is 0.647. The number of aryl methyl sites for hydroxylation is 2. The third kappa shape index (κ3) is 6.10. The normalized spacial score (nSPS) is 11.7. The largest absolute Gasteiger partial charge is 0.494 e. The monoisotopic (exact) mass is 355 g/mol. The highest BCUT2D eigenvalue weighted by molar-refractivity contribution is 5.81. The fourth-order valence-electron chi connectivity index (χ4n) is 2.79. The number of rotatable bonds is 10. The van der Waals surface area contributed by atoms with Crippen LogP contribution in [0, 0.1) is 6.92 Å². The van der Waals surface area contributed by atoms with Crippen molar-refractivity contribution in [2.24, 2.45) is 0 Å². The molecule has 26 heavy (non-hydrogen) atoms. The molecule has 1 N–H and O–H groups in total. The topological polar surface area (TPSA) is 47.6 Å². The smallest absolute Gasteiger partial charge is 0.261 e. The maximum Gasteiger partial charge on any atom is 0.261 e. The number of hydrogen-bond acceptors (Lipinski definition) is 3. The van der Waals surface area contributed by atoms with Gasteiger partial charge in [-0.05, 0) is 62.4 Å². The van der Waals surface area contributed by atoms with Crippen molar-refractivity contribution in [3.8, 4) is 11.5 Å². The number of carbonyl (C=O) groups excluding carboxylic acids is 1. The molecule has 0 saturated heterocycles. The first kappa shape index (κ1) is 19.8. The van der Waals surface area contributed by atoms with Crippen LogP contribution in [-0.2, 0) is 11.2 Å². The van der Waals surface area contributed by atoms with E-state index in [-0.39, 0.29) is 5.91 Å². The Morgan fingerprint density at radius 3 is 2.65 bits per heavy atom. The fraction of sp³-hybridized carbons (Fsp3) is 0.409. The average molecular weight is 355 g/mol. The number of ether oxygens (including phenoxy) is 2. The molecule has 0 heterocycles. The van der Waals surface area contributed by atoms with Crippen LogP contribution in [0.4, 0.5) is 0 Å². The van der Waals surface area contributed by atoms with Gasteiger partial charge in [-0.1, -0.05) is 37.3 Å². The Balaban J connectivity index is 1.80. The lowest BCUT2D eigenvalue weighted by Gasteiger charge is -2.17. The molecule has 1 amide bonds. The summed E-state index contributed by atoms with van der Waals surface area (Å²) in [5.41, 5.74) is 2.29. The van der Waals surface area contributed by atoms with Gasteiger partial charge in [0.2, 0.25) is 0 Å². The van der Waals surface area contributed by atoms with E-state index in [0.717, 1.165) is 29.9 Å². The minimum Gasteiger partial charge on any atom is -0.494 e. The van der Waals surface area contributed by atoms with Gasteiger partial charge in [0.05, 0.1) is 6.61 Å². The molecule has 2 aromatic carbocycles. The predicted octanol–water partition coefficient (Wildman–Crippen LogP) is 4.30. The Bertz CT molecular complexity index is 699. The van der Waals surface area contributed by atoms with Gasteiger partial charge in [0, 0.05) is 6.54 Å².